The van der Waals surface area contributed by atoms with E-state index in [1.54, 1.807) is 18.3 Å². The highest BCUT2D eigenvalue weighted by atomic mass is 35.5. The molecule has 5 nitrogen and oxygen atoms in total. The van der Waals surface area contributed by atoms with Crippen LogP contribution in [0.25, 0.3) is 0 Å². The normalized spacial score (nSPS) is 15.6. The minimum Gasteiger partial charge on any atom is -0.326 e. The summed E-state index contributed by atoms with van der Waals surface area (Å²) in [5.41, 5.74) is 2.38. The fraction of sp³-hybridized carbons (Fsp3) is 0.150. The molecule has 4 rings (SSSR count). The van der Waals surface area contributed by atoms with E-state index in [-0.39, 0.29) is 18.2 Å². The maximum absolute atomic E-state index is 12.8. The molecule has 0 bridgehead atoms. The second-order valence-electron chi connectivity index (χ2n) is 6.40. The minimum atomic E-state index is -0.542. The van der Waals surface area contributed by atoms with E-state index in [1.807, 2.05) is 30.3 Å². The molecule has 142 valence electrons. The number of anilines is 2. The van der Waals surface area contributed by atoms with Crippen molar-refractivity contribution in [2.45, 2.75) is 18.8 Å². The average Bonchev–Trinajstić information content (AvgIpc) is 3.11. The lowest BCUT2D eigenvalue weighted by Crippen LogP contribution is -2.30. The highest BCUT2D eigenvalue weighted by molar-refractivity contribution is 7.15. The first kappa shape index (κ1) is 18.9. The summed E-state index contributed by atoms with van der Waals surface area (Å²) >= 11 is 13.7. The molecule has 0 saturated heterocycles. The average molecular weight is 432 g/mol. The number of benzene rings is 2. The van der Waals surface area contributed by atoms with Crippen molar-refractivity contribution in [3.8, 4) is 0 Å². The van der Waals surface area contributed by atoms with Crippen LogP contribution in [-0.2, 0) is 16.0 Å². The lowest BCUT2D eigenvalue weighted by atomic mass is 9.90. The Bertz CT molecular complexity index is 1070. The number of nitrogens with one attached hydrogen (secondary N) is 2. The van der Waals surface area contributed by atoms with Crippen LogP contribution in [-0.4, -0.2) is 16.8 Å². The third kappa shape index (κ3) is 3.90. The first-order valence-electron chi connectivity index (χ1n) is 8.58. The predicted octanol–water partition coefficient (Wildman–Crippen LogP) is 5.11. The predicted molar refractivity (Wildman–Crippen MR) is 112 cm³/mol. The first-order valence-corrected chi connectivity index (χ1v) is 10.2. The number of para-hydroxylation sites is 1. The number of carbonyl (C=O) groups is 2. The van der Waals surface area contributed by atoms with Crippen molar-refractivity contribution in [1.29, 1.82) is 0 Å². The van der Waals surface area contributed by atoms with Crippen molar-refractivity contribution >= 4 is 57.2 Å². The van der Waals surface area contributed by atoms with Crippen LogP contribution in [0.1, 0.15) is 28.3 Å². The number of rotatable bonds is 4. The molecule has 0 radical (unpaired) electrons. The second-order valence-corrected chi connectivity index (χ2v) is 8.30. The number of fused-ring (bicyclic) bond motifs is 1. The van der Waals surface area contributed by atoms with Crippen molar-refractivity contribution in [3.63, 3.8) is 0 Å². The Kier molecular flexibility index (Phi) is 5.35. The van der Waals surface area contributed by atoms with Crippen LogP contribution >= 0.6 is 34.5 Å². The fourth-order valence-corrected chi connectivity index (χ4v) is 4.38. The number of aromatic nitrogens is 1. The van der Waals surface area contributed by atoms with Crippen LogP contribution in [0, 0.1) is 0 Å². The Morgan fingerprint density at radius 1 is 1.21 bits per heavy atom. The van der Waals surface area contributed by atoms with Gasteiger partial charge in [0.25, 0.3) is 0 Å². The van der Waals surface area contributed by atoms with Gasteiger partial charge in [0.05, 0.1) is 16.0 Å². The van der Waals surface area contributed by atoms with Crippen molar-refractivity contribution in [2.75, 3.05) is 10.6 Å². The van der Waals surface area contributed by atoms with E-state index < -0.39 is 5.92 Å². The van der Waals surface area contributed by atoms with Gasteiger partial charge in [-0.25, -0.2) is 4.98 Å². The highest BCUT2D eigenvalue weighted by Crippen LogP contribution is 2.34. The summed E-state index contributed by atoms with van der Waals surface area (Å²) in [7, 11) is 0. The zero-order valence-corrected chi connectivity index (χ0v) is 16.9. The molecule has 1 aromatic heterocycles. The van der Waals surface area contributed by atoms with Crippen molar-refractivity contribution in [3.05, 3.63) is 74.7 Å². The summed E-state index contributed by atoms with van der Waals surface area (Å²) in [6.07, 6.45) is 2.39. The minimum absolute atomic E-state index is 0.110. The number of amides is 2. The molecule has 2 aromatic carbocycles. The SMILES string of the molecule is O=C1CC(C(=O)Nc2ncc(Cc3cccc(Cl)c3Cl)s2)c2ccccc2N1. The van der Waals surface area contributed by atoms with Gasteiger partial charge in [0.15, 0.2) is 5.13 Å². The lowest BCUT2D eigenvalue weighted by molar-refractivity contribution is -0.123. The quantitative estimate of drug-likeness (QED) is 0.602. The molecule has 0 saturated carbocycles. The summed E-state index contributed by atoms with van der Waals surface area (Å²) in [5.74, 6) is -0.960. The van der Waals surface area contributed by atoms with E-state index in [2.05, 4.69) is 15.6 Å². The van der Waals surface area contributed by atoms with Gasteiger partial charge in [-0.15, -0.1) is 11.3 Å². The maximum atomic E-state index is 12.8. The Morgan fingerprint density at radius 3 is 2.89 bits per heavy atom. The Balaban J connectivity index is 1.49. The number of hydrogen-bond acceptors (Lipinski definition) is 4. The molecule has 0 aliphatic carbocycles. The van der Waals surface area contributed by atoms with Crippen molar-refractivity contribution < 1.29 is 9.59 Å². The molecule has 2 N–H and O–H groups in total. The summed E-state index contributed by atoms with van der Waals surface area (Å²) in [6, 6.07) is 12.8. The van der Waals surface area contributed by atoms with Crippen LogP contribution in [0.3, 0.4) is 0 Å². The van der Waals surface area contributed by atoms with E-state index in [0.29, 0.717) is 27.3 Å². The molecule has 8 heteroatoms. The zero-order valence-electron chi connectivity index (χ0n) is 14.5. The van der Waals surface area contributed by atoms with E-state index >= 15 is 0 Å². The molecular weight excluding hydrogens is 417 g/mol. The van der Waals surface area contributed by atoms with Crippen LogP contribution in [0.15, 0.2) is 48.7 Å². The summed E-state index contributed by atoms with van der Waals surface area (Å²) in [6.45, 7) is 0. The van der Waals surface area contributed by atoms with E-state index in [9.17, 15) is 9.59 Å². The van der Waals surface area contributed by atoms with Crippen LogP contribution in [0.4, 0.5) is 10.8 Å². The number of hydrogen-bond donors (Lipinski definition) is 2. The lowest BCUT2D eigenvalue weighted by Gasteiger charge is -2.24. The topological polar surface area (TPSA) is 71.1 Å². The molecule has 1 unspecified atom stereocenters. The van der Waals surface area contributed by atoms with Crippen molar-refractivity contribution in [2.24, 2.45) is 0 Å². The van der Waals surface area contributed by atoms with Gasteiger partial charge in [-0.1, -0.05) is 53.5 Å². The molecular formula is C20H15Cl2N3O2S. The largest absolute Gasteiger partial charge is 0.326 e. The third-order valence-corrected chi connectivity index (χ3v) is 6.27. The van der Waals surface area contributed by atoms with E-state index in [4.69, 9.17) is 23.2 Å². The van der Waals surface area contributed by atoms with Gasteiger partial charge in [-0.3, -0.25) is 9.59 Å². The molecule has 0 spiro atoms. The monoisotopic (exact) mass is 431 g/mol. The Hall–Kier alpha value is -2.41. The van der Waals surface area contributed by atoms with Crippen LogP contribution < -0.4 is 10.6 Å². The number of nitrogens with zero attached hydrogens (tertiary/aromatic N) is 1. The molecule has 2 amide bonds. The highest BCUT2D eigenvalue weighted by Gasteiger charge is 2.30. The van der Waals surface area contributed by atoms with E-state index in [1.165, 1.54) is 11.3 Å². The zero-order chi connectivity index (χ0) is 19.7. The Labute approximate surface area is 175 Å². The number of carbonyl (C=O) groups excluding carboxylic acids is 2. The maximum Gasteiger partial charge on any atom is 0.234 e. The molecule has 1 aliphatic rings. The second kappa shape index (κ2) is 7.91. The van der Waals surface area contributed by atoms with Crippen LogP contribution in [0.5, 0.6) is 0 Å². The fourth-order valence-electron chi connectivity index (χ4n) is 3.16. The van der Waals surface area contributed by atoms with E-state index in [0.717, 1.165) is 16.0 Å². The summed E-state index contributed by atoms with van der Waals surface area (Å²) in [4.78, 5) is 29.9. The smallest absolute Gasteiger partial charge is 0.234 e. The van der Waals surface area contributed by atoms with Gasteiger partial charge in [0.2, 0.25) is 11.8 Å². The first-order chi connectivity index (χ1) is 13.5. The van der Waals surface area contributed by atoms with Gasteiger partial charge in [-0.05, 0) is 23.3 Å². The molecule has 0 fully saturated rings. The van der Waals surface area contributed by atoms with Gasteiger partial charge >= 0.3 is 0 Å². The molecule has 1 atom stereocenters. The summed E-state index contributed by atoms with van der Waals surface area (Å²) < 4.78 is 0. The third-order valence-electron chi connectivity index (χ3n) is 4.50. The Morgan fingerprint density at radius 2 is 2.04 bits per heavy atom. The molecule has 28 heavy (non-hydrogen) atoms. The van der Waals surface area contributed by atoms with Crippen molar-refractivity contribution in [1.82, 2.24) is 4.98 Å². The van der Waals surface area contributed by atoms with Gasteiger partial charge < -0.3 is 10.6 Å². The molecule has 1 aliphatic heterocycles. The number of thiazole rings is 1. The standard InChI is InChI=1S/C20H15Cl2N3O2S/c21-15-6-3-4-11(18(15)22)8-12-10-23-20(28-12)25-19(27)14-9-17(26)24-16-7-2-1-5-13(14)16/h1-7,10,14H,8-9H2,(H,24,26)(H,23,25,27). The van der Waals surface area contributed by atoms with Gasteiger partial charge in [0, 0.05) is 29.6 Å². The van der Waals surface area contributed by atoms with Crippen LogP contribution in [0.2, 0.25) is 10.0 Å². The van der Waals surface area contributed by atoms with Gasteiger partial charge in [0.1, 0.15) is 0 Å². The number of halogens is 2. The van der Waals surface area contributed by atoms with Gasteiger partial charge in [-0.2, -0.15) is 0 Å². The molecule has 3 aromatic rings. The molecule has 2 heterocycles. The summed E-state index contributed by atoms with van der Waals surface area (Å²) in [5, 5.41) is 7.14.